The summed E-state index contributed by atoms with van der Waals surface area (Å²) in [4.78, 5) is 8.42. The average Bonchev–Trinajstić information content (AvgIpc) is 2.82. The van der Waals surface area contributed by atoms with Gasteiger partial charge in [0.15, 0.2) is 0 Å². The van der Waals surface area contributed by atoms with Gasteiger partial charge >= 0.3 is 0 Å². The Labute approximate surface area is 121 Å². The molecule has 0 aliphatic heterocycles. The predicted octanol–water partition coefficient (Wildman–Crippen LogP) is 3.57. The highest BCUT2D eigenvalue weighted by Gasteiger charge is 2.08. The highest BCUT2D eigenvalue weighted by Crippen LogP contribution is 2.26. The van der Waals surface area contributed by atoms with Crippen LogP contribution in [-0.4, -0.2) is 16.5 Å². The van der Waals surface area contributed by atoms with Crippen molar-refractivity contribution in [2.75, 3.05) is 17.2 Å². The molecule has 0 fully saturated rings. The predicted molar refractivity (Wildman–Crippen MR) is 79.3 cm³/mol. The van der Waals surface area contributed by atoms with E-state index >= 15 is 0 Å². The topological polar surface area (TPSA) is 63.0 Å². The fraction of sp³-hybridized carbons (Fsp3) is 0.385. The van der Waals surface area contributed by atoms with E-state index in [4.69, 9.17) is 4.42 Å². The molecular weight excluding hydrogens is 308 g/mol. The van der Waals surface area contributed by atoms with Gasteiger partial charge in [0.1, 0.15) is 34.0 Å². The molecule has 2 N–H and O–H groups in total. The first-order valence-electron chi connectivity index (χ1n) is 6.24. The summed E-state index contributed by atoms with van der Waals surface area (Å²) in [6, 6.07) is 3.90. The largest absolute Gasteiger partial charge is 0.465 e. The lowest BCUT2D eigenvalue weighted by atomic mass is 10.4. The van der Waals surface area contributed by atoms with Crippen LogP contribution < -0.4 is 10.6 Å². The molecule has 0 atom stereocenters. The molecule has 6 heteroatoms. The van der Waals surface area contributed by atoms with Gasteiger partial charge in [-0.05, 0) is 41.4 Å². The highest BCUT2D eigenvalue weighted by molar-refractivity contribution is 9.10. The number of hydrogen-bond donors (Lipinski definition) is 2. The van der Waals surface area contributed by atoms with Gasteiger partial charge in [-0.25, -0.2) is 9.97 Å². The Morgan fingerprint density at radius 2 is 1.95 bits per heavy atom. The zero-order chi connectivity index (χ0) is 13.7. The Morgan fingerprint density at radius 3 is 2.58 bits per heavy atom. The normalized spacial score (nSPS) is 10.5. The summed E-state index contributed by atoms with van der Waals surface area (Å²) in [5.74, 6) is 3.34. The van der Waals surface area contributed by atoms with Crippen LogP contribution >= 0.6 is 15.9 Å². The third kappa shape index (κ3) is 3.70. The minimum Gasteiger partial charge on any atom is -0.465 e. The van der Waals surface area contributed by atoms with Gasteiger partial charge in [0.25, 0.3) is 0 Å². The third-order valence-corrected chi connectivity index (χ3v) is 3.31. The van der Waals surface area contributed by atoms with Crippen molar-refractivity contribution in [3.8, 4) is 0 Å². The summed E-state index contributed by atoms with van der Waals surface area (Å²) in [7, 11) is 0. The number of hydrogen-bond acceptors (Lipinski definition) is 5. The lowest BCUT2D eigenvalue weighted by Crippen LogP contribution is -2.07. The zero-order valence-electron chi connectivity index (χ0n) is 11.0. The molecule has 0 aliphatic rings. The number of nitrogens with zero attached hydrogens (tertiary/aromatic N) is 2. The minimum atomic E-state index is 0.594. The molecule has 19 heavy (non-hydrogen) atoms. The van der Waals surface area contributed by atoms with Gasteiger partial charge in [-0.3, -0.25) is 0 Å². The Hall–Kier alpha value is -1.56. The highest BCUT2D eigenvalue weighted by atomic mass is 79.9. The van der Waals surface area contributed by atoms with Crippen LogP contribution in [0.2, 0.25) is 0 Å². The molecule has 5 nitrogen and oxygen atoms in total. The maximum atomic E-state index is 5.50. The molecule has 0 bridgehead atoms. The first kappa shape index (κ1) is 13.9. The van der Waals surface area contributed by atoms with Crippen molar-refractivity contribution < 1.29 is 4.42 Å². The molecule has 2 aromatic heterocycles. The standard InChI is InChI=1S/C13H17BrN4O/c1-3-6-15-12-11(14)13(18-8-17-12)16-7-10-5-4-9(2)19-10/h4-5,8H,3,6-7H2,1-2H3,(H2,15,16,17,18). The van der Waals surface area contributed by atoms with Crippen LogP contribution in [0.1, 0.15) is 24.9 Å². The number of aryl methyl sites for hydroxylation is 1. The summed E-state index contributed by atoms with van der Waals surface area (Å²) >= 11 is 3.51. The van der Waals surface area contributed by atoms with Crippen LogP contribution in [0.3, 0.4) is 0 Å². The van der Waals surface area contributed by atoms with Crippen LogP contribution in [-0.2, 0) is 6.54 Å². The molecule has 0 aromatic carbocycles. The fourth-order valence-corrected chi connectivity index (χ4v) is 2.10. The SMILES string of the molecule is CCCNc1ncnc(NCc2ccc(C)o2)c1Br. The lowest BCUT2D eigenvalue weighted by molar-refractivity contribution is 0.490. The molecule has 0 radical (unpaired) electrons. The number of aromatic nitrogens is 2. The van der Waals surface area contributed by atoms with Crippen LogP contribution in [0, 0.1) is 6.92 Å². The number of rotatable bonds is 6. The number of anilines is 2. The van der Waals surface area contributed by atoms with Gasteiger partial charge < -0.3 is 15.1 Å². The second-order valence-corrected chi connectivity index (χ2v) is 4.97. The molecular formula is C13H17BrN4O. The van der Waals surface area contributed by atoms with E-state index in [2.05, 4.69) is 43.5 Å². The van der Waals surface area contributed by atoms with E-state index in [-0.39, 0.29) is 0 Å². The van der Waals surface area contributed by atoms with E-state index in [1.807, 2.05) is 19.1 Å². The first-order chi connectivity index (χ1) is 9.20. The van der Waals surface area contributed by atoms with E-state index in [0.29, 0.717) is 6.54 Å². The van der Waals surface area contributed by atoms with Gasteiger partial charge in [-0.1, -0.05) is 6.92 Å². The molecule has 2 rings (SSSR count). The Bertz CT molecular complexity index is 541. The fourth-order valence-electron chi connectivity index (χ4n) is 1.61. The van der Waals surface area contributed by atoms with Gasteiger partial charge in [0.05, 0.1) is 6.54 Å². The van der Waals surface area contributed by atoms with E-state index in [1.54, 1.807) is 6.33 Å². The smallest absolute Gasteiger partial charge is 0.146 e. The Morgan fingerprint density at radius 1 is 1.21 bits per heavy atom. The molecule has 2 heterocycles. The second-order valence-electron chi connectivity index (χ2n) is 4.18. The van der Waals surface area contributed by atoms with Crippen molar-refractivity contribution in [1.29, 1.82) is 0 Å². The zero-order valence-corrected chi connectivity index (χ0v) is 12.6. The van der Waals surface area contributed by atoms with Crippen molar-refractivity contribution in [3.63, 3.8) is 0 Å². The molecule has 0 amide bonds. The van der Waals surface area contributed by atoms with E-state index in [0.717, 1.165) is 40.6 Å². The Balaban J connectivity index is 2.03. The average molecular weight is 325 g/mol. The maximum absolute atomic E-state index is 5.50. The second kappa shape index (κ2) is 6.56. The van der Waals surface area contributed by atoms with Crippen molar-refractivity contribution in [1.82, 2.24) is 9.97 Å². The Kier molecular flexibility index (Phi) is 4.79. The molecule has 0 saturated heterocycles. The van der Waals surface area contributed by atoms with Crippen LogP contribution in [0.15, 0.2) is 27.3 Å². The number of nitrogens with one attached hydrogen (secondary N) is 2. The van der Waals surface area contributed by atoms with Crippen molar-refractivity contribution in [2.45, 2.75) is 26.8 Å². The summed E-state index contributed by atoms with van der Waals surface area (Å²) in [5, 5.41) is 6.47. The van der Waals surface area contributed by atoms with Gasteiger partial charge in [0, 0.05) is 6.54 Å². The maximum Gasteiger partial charge on any atom is 0.146 e. The minimum absolute atomic E-state index is 0.594. The van der Waals surface area contributed by atoms with Gasteiger partial charge in [-0.2, -0.15) is 0 Å². The lowest BCUT2D eigenvalue weighted by Gasteiger charge is -2.10. The molecule has 102 valence electrons. The van der Waals surface area contributed by atoms with Crippen LogP contribution in [0.5, 0.6) is 0 Å². The number of halogens is 1. The molecule has 0 unspecified atom stereocenters. The van der Waals surface area contributed by atoms with Gasteiger partial charge in [-0.15, -0.1) is 0 Å². The van der Waals surface area contributed by atoms with Gasteiger partial charge in [0.2, 0.25) is 0 Å². The van der Waals surface area contributed by atoms with Crippen LogP contribution in [0.25, 0.3) is 0 Å². The summed E-state index contributed by atoms with van der Waals surface area (Å²) in [6.07, 6.45) is 2.59. The summed E-state index contributed by atoms with van der Waals surface area (Å²) in [5.41, 5.74) is 0. The van der Waals surface area contributed by atoms with Crippen molar-refractivity contribution in [3.05, 3.63) is 34.5 Å². The summed E-state index contributed by atoms with van der Waals surface area (Å²) < 4.78 is 6.34. The molecule has 0 saturated carbocycles. The quantitative estimate of drug-likeness (QED) is 0.850. The van der Waals surface area contributed by atoms with E-state index < -0.39 is 0 Å². The third-order valence-electron chi connectivity index (χ3n) is 2.56. The van der Waals surface area contributed by atoms with E-state index in [1.165, 1.54) is 0 Å². The monoisotopic (exact) mass is 324 g/mol. The number of furan rings is 1. The van der Waals surface area contributed by atoms with Crippen molar-refractivity contribution >= 4 is 27.6 Å². The first-order valence-corrected chi connectivity index (χ1v) is 7.03. The molecule has 0 aliphatic carbocycles. The summed E-state index contributed by atoms with van der Waals surface area (Å²) in [6.45, 7) is 5.51. The van der Waals surface area contributed by atoms with E-state index in [9.17, 15) is 0 Å². The molecule has 2 aromatic rings. The van der Waals surface area contributed by atoms with Crippen molar-refractivity contribution in [2.24, 2.45) is 0 Å². The molecule has 0 spiro atoms. The van der Waals surface area contributed by atoms with Crippen LogP contribution in [0.4, 0.5) is 11.6 Å².